The Labute approximate surface area is 281 Å². The van der Waals surface area contributed by atoms with Crippen molar-refractivity contribution in [1.82, 2.24) is 9.55 Å². The molecule has 2 aromatic heterocycles. The number of aromatic nitrogens is 2. The monoisotopic (exact) mass is 623 g/mol. The zero-order valence-corrected chi connectivity index (χ0v) is 28.0. The second-order valence-corrected chi connectivity index (χ2v) is 14.2. The molecule has 0 radical (unpaired) electrons. The van der Waals surface area contributed by atoms with Crippen LogP contribution in [0.5, 0.6) is 0 Å². The SMILES string of the molecule is Cc1ccnc(-c2ccc3c4ccccc4n(-c4cc(C5=N[C@]6(C)C(C)(C)c7ccccc7[C@]6(C)O5)cc(-c5ccccc5)c4)c3c2)c1. The Hall–Kier alpha value is -5.48. The van der Waals surface area contributed by atoms with E-state index in [0.29, 0.717) is 5.90 Å². The molecule has 48 heavy (non-hydrogen) atoms. The number of rotatable bonds is 4. The van der Waals surface area contributed by atoms with Gasteiger partial charge in [-0.25, -0.2) is 4.99 Å². The molecule has 0 saturated carbocycles. The average Bonchev–Trinajstić information content (AvgIpc) is 3.64. The van der Waals surface area contributed by atoms with Crippen LogP contribution in [0.3, 0.4) is 0 Å². The number of ether oxygens (including phenoxy) is 1. The maximum atomic E-state index is 7.08. The largest absolute Gasteiger partial charge is 0.464 e. The van der Waals surface area contributed by atoms with Crippen LogP contribution in [-0.2, 0) is 15.8 Å². The van der Waals surface area contributed by atoms with E-state index >= 15 is 0 Å². The molecular formula is C44H37N3O. The number of pyridine rings is 1. The molecule has 0 spiro atoms. The summed E-state index contributed by atoms with van der Waals surface area (Å²) < 4.78 is 9.47. The van der Waals surface area contributed by atoms with Crippen molar-refractivity contribution in [3.05, 3.63) is 156 Å². The van der Waals surface area contributed by atoms with Crippen LogP contribution in [0.15, 0.2) is 139 Å². The molecule has 4 nitrogen and oxygen atoms in total. The van der Waals surface area contributed by atoms with Gasteiger partial charge in [-0.2, -0.15) is 0 Å². The van der Waals surface area contributed by atoms with E-state index in [-0.39, 0.29) is 5.41 Å². The molecule has 2 aliphatic rings. The van der Waals surface area contributed by atoms with Crippen LogP contribution in [0.2, 0.25) is 0 Å². The summed E-state index contributed by atoms with van der Waals surface area (Å²) in [6, 6.07) is 45.6. The summed E-state index contributed by atoms with van der Waals surface area (Å²) >= 11 is 0. The van der Waals surface area contributed by atoms with E-state index in [4.69, 9.17) is 14.7 Å². The van der Waals surface area contributed by atoms with Gasteiger partial charge in [0.15, 0.2) is 5.60 Å². The van der Waals surface area contributed by atoms with Crippen LogP contribution in [0.1, 0.15) is 49.9 Å². The normalized spacial score (nSPS) is 20.8. The van der Waals surface area contributed by atoms with Gasteiger partial charge in [-0.15, -0.1) is 0 Å². The quantitative estimate of drug-likeness (QED) is 0.196. The number of benzene rings is 5. The molecule has 0 bridgehead atoms. The van der Waals surface area contributed by atoms with Crippen molar-refractivity contribution in [1.29, 1.82) is 0 Å². The van der Waals surface area contributed by atoms with Gasteiger partial charge in [0.1, 0.15) is 5.54 Å². The molecule has 5 aromatic carbocycles. The lowest BCUT2D eigenvalue weighted by Crippen LogP contribution is -2.49. The van der Waals surface area contributed by atoms with Crippen LogP contribution in [-0.4, -0.2) is 21.0 Å². The van der Waals surface area contributed by atoms with E-state index in [0.717, 1.165) is 44.7 Å². The van der Waals surface area contributed by atoms with Crippen molar-refractivity contribution in [3.63, 3.8) is 0 Å². The molecule has 0 fully saturated rings. The van der Waals surface area contributed by atoms with E-state index < -0.39 is 11.1 Å². The minimum atomic E-state index is -0.589. The van der Waals surface area contributed by atoms with E-state index in [1.807, 2.05) is 12.3 Å². The molecule has 234 valence electrons. The lowest BCUT2D eigenvalue weighted by atomic mass is 9.69. The van der Waals surface area contributed by atoms with Crippen LogP contribution >= 0.6 is 0 Å². The van der Waals surface area contributed by atoms with Gasteiger partial charge in [0.2, 0.25) is 5.90 Å². The summed E-state index contributed by atoms with van der Waals surface area (Å²) in [5.74, 6) is 0.687. The number of para-hydroxylation sites is 1. The highest BCUT2D eigenvalue weighted by atomic mass is 16.5. The van der Waals surface area contributed by atoms with Gasteiger partial charge < -0.3 is 9.30 Å². The van der Waals surface area contributed by atoms with Crippen molar-refractivity contribution in [2.45, 2.75) is 51.2 Å². The van der Waals surface area contributed by atoms with Crippen molar-refractivity contribution >= 4 is 27.7 Å². The van der Waals surface area contributed by atoms with E-state index in [2.05, 4.69) is 161 Å². The number of hydrogen-bond acceptors (Lipinski definition) is 3. The number of fused-ring (bicyclic) bond motifs is 6. The van der Waals surface area contributed by atoms with Crippen LogP contribution in [0.4, 0.5) is 0 Å². The molecule has 0 saturated heterocycles. The lowest BCUT2D eigenvalue weighted by Gasteiger charge is -2.39. The highest BCUT2D eigenvalue weighted by Gasteiger charge is 2.67. The Bertz CT molecular complexity index is 2450. The van der Waals surface area contributed by atoms with Crippen molar-refractivity contribution in [3.8, 4) is 28.1 Å². The fourth-order valence-corrected chi connectivity index (χ4v) is 8.27. The fourth-order valence-electron chi connectivity index (χ4n) is 8.27. The Morgan fingerprint density at radius 1 is 0.583 bits per heavy atom. The minimum Gasteiger partial charge on any atom is -0.464 e. The van der Waals surface area contributed by atoms with Gasteiger partial charge in [-0.1, -0.05) is 98.8 Å². The predicted molar refractivity (Wildman–Crippen MR) is 197 cm³/mol. The van der Waals surface area contributed by atoms with E-state index in [1.165, 1.54) is 27.5 Å². The van der Waals surface area contributed by atoms with Crippen LogP contribution < -0.4 is 0 Å². The summed E-state index contributed by atoms with van der Waals surface area (Å²) in [5.41, 5.74) is 11.1. The molecule has 3 heterocycles. The van der Waals surface area contributed by atoms with Gasteiger partial charge in [-0.05, 0) is 85.5 Å². The third kappa shape index (κ3) is 3.89. The average molecular weight is 624 g/mol. The van der Waals surface area contributed by atoms with Crippen LogP contribution in [0.25, 0.3) is 49.9 Å². The number of aryl methyl sites for hydroxylation is 1. The summed E-state index contributed by atoms with van der Waals surface area (Å²) in [5, 5.41) is 2.42. The minimum absolute atomic E-state index is 0.215. The molecule has 0 unspecified atom stereocenters. The van der Waals surface area contributed by atoms with Crippen molar-refractivity contribution in [2.75, 3.05) is 0 Å². The molecular weight excluding hydrogens is 587 g/mol. The van der Waals surface area contributed by atoms with Gasteiger partial charge in [0.25, 0.3) is 0 Å². The topological polar surface area (TPSA) is 39.4 Å². The standard InChI is InChI=1S/C44H37N3O/c1-28-21-22-45-38(23-28)30-19-20-35-34-15-9-12-18-39(34)47(40(35)27-30)33-25-31(29-13-7-6-8-14-29)24-32(26-33)41-46-44(5)42(2,3)36-16-10-11-17-37(36)43(44,4)48-41/h6-27H,1-5H3/t43-,44+/m0/s1. The second kappa shape index (κ2) is 10.0. The Kier molecular flexibility index (Phi) is 5.99. The highest BCUT2D eigenvalue weighted by Crippen LogP contribution is 2.61. The van der Waals surface area contributed by atoms with Gasteiger partial charge >= 0.3 is 0 Å². The summed E-state index contributed by atoms with van der Waals surface area (Å²) in [6.45, 7) is 11.2. The molecule has 0 amide bonds. The maximum absolute atomic E-state index is 7.08. The smallest absolute Gasteiger partial charge is 0.217 e. The Balaban J connectivity index is 1.29. The fraction of sp³-hybridized carbons (Fsp3) is 0.182. The molecule has 9 rings (SSSR count). The van der Waals surface area contributed by atoms with Crippen molar-refractivity contribution in [2.24, 2.45) is 4.99 Å². The second-order valence-electron chi connectivity index (χ2n) is 14.2. The van der Waals surface area contributed by atoms with Crippen LogP contribution in [0, 0.1) is 6.92 Å². The van der Waals surface area contributed by atoms with E-state index in [9.17, 15) is 0 Å². The van der Waals surface area contributed by atoms with E-state index in [1.54, 1.807) is 0 Å². The van der Waals surface area contributed by atoms with Gasteiger partial charge in [0.05, 0.1) is 16.7 Å². The summed E-state index contributed by atoms with van der Waals surface area (Å²) in [7, 11) is 0. The zero-order chi connectivity index (χ0) is 32.8. The number of nitrogens with zero attached hydrogens (tertiary/aromatic N) is 3. The number of hydrogen-bond donors (Lipinski definition) is 0. The van der Waals surface area contributed by atoms with Gasteiger partial charge in [-0.3, -0.25) is 4.98 Å². The molecule has 1 aliphatic heterocycles. The first-order valence-electron chi connectivity index (χ1n) is 16.7. The summed E-state index contributed by atoms with van der Waals surface area (Å²) in [4.78, 5) is 10.2. The maximum Gasteiger partial charge on any atom is 0.217 e. The Morgan fingerprint density at radius 2 is 1.29 bits per heavy atom. The highest BCUT2D eigenvalue weighted by molar-refractivity contribution is 6.10. The predicted octanol–water partition coefficient (Wildman–Crippen LogP) is 10.6. The van der Waals surface area contributed by atoms with Crippen molar-refractivity contribution < 1.29 is 4.74 Å². The molecule has 0 N–H and O–H groups in total. The third-order valence-electron chi connectivity index (χ3n) is 11.3. The number of aliphatic imine (C=N–C) groups is 1. The third-order valence-corrected chi connectivity index (χ3v) is 11.3. The Morgan fingerprint density at radius 3 is 2.10 bits per heavy atom. The first-order chi connectivity index (χ1) is 23.2. The molecule has 4 heteroatoms. The molecule has 7 aromatic rings. The first kappa shape index (κ1) is 28.7. The lowest BCUT2D eigenvalue weighted by molar-refractivity contribution is 0.0192. The summed E-state index contributed by atoms with van der Waals surface area (Å²) in [6.07, 6.45) is 1.89. The van der Waals surface area contributed by atoms with Gasteiger partial charge in [0, 0.05) is 44.8 Å². The zero-order valence-electron chi connectivity index (χ0n) is 28.0. The molecule has 2 atom stereocenters. The first-order valence-corrected chi connectivity index (χ1v) is 16.7. The molecule has 1 aliphatic carbocycles.